The Balaban J connectivity index is 2.32. The third kappa shape index (κ3) is 3.16. The van der Waals surface area contributed by atoms with Gasteiger partial charge in [0.25, 0.3) is 5.91 Å². The highest BCUT2D eigenvalue weighted by Crippen LogP contribution is 2.37. The third-order valence-electron chi connectivity index (χ3n) is 2.93. The van der Waals surface area contributed by atoms with Crippen molar-refractivity contribution in [1.82, 2.24) is 0 Å². The molecule has 0 aliphatic carbocycles. The summed E-state index contributed by atoms with van der Waals surface area (Å²) in [4.78, 5) is 12.3. The largest absolute Gasteiger partial charge is 0.495 e. The first-order chi connectivity index (χ1) is 10.3. The molecule has 0 aromatic heterocycles. The predicted molar refractivity (Wildman–Crippen MR) is 91.2 cm³/mol. The third-order valence-corrected chi connectivity index (χ3v) is 4.12. The Kier molecular flexibility index (Phi) is 4.90. The van der Waals surface area contributed by atoms with Gasteiger partial charge < -0.3 is 21.5 Å². The van der Waals surface area contributed by atoms with Gasteiger partial charge >= 0.3 is 0 Å². The van der Waals surface area contributed by atoms with Crippen molar-refractivity contribution in [3.05, 3.63) is 44.9 Å². The minimum atomic E-state index is -0.488. The molecule has 2 aromatic carbocycles. The lowest BCUT2D eigenvalue weighted by molar-refractivity contribution is 0.102. The Hall–Kier alpha value is -1.82. The van der Waals surface area contributed by atoms with Gasteiger partial charge in [0.2, 0.25) is 0 Å². The topological polar surface area (TPSA) is 90.4 Å². The van der Waals surface area contributed by atoms with Gasteiger partial charge in [-0.15, -0.1) is 0 Å². The van der Waals surface area contributed by atoms with E-state index >= 15 is 0 Å². The Morgan fingerprint density at radius 1 is 1.14 bits per heavy atom. The smallest absolute Gasteiger partial charge is 0.257 e. The van der Waals surface area contributed by atoms with Gasteiger partial charge in [-0.3, -0.25) is 4.79 Å². The molecule has 0 saturated carbocycles. The highest BCUT2D eigenvalue weighted by Gasteiger charge is 2.18. The van der Waals surface area contributed by atoms with Crippen LogP contribution in [-0.4, -0.2) is 13.0 Å². The van der Waals surface area contributed by atoms with Crippen molar-refractivity contribution in [2.45, 2.75) is 0 Å². The van der Waals surface area contributed by atoms with Crippen LogP contribution in [0.3, 0.4) is 0 Å². The molecule has 0 aliphatic rings. The van der Waals surface area contributed by atoms with E-state index in [-0.39, 0.29) is 26.3 Å². The van der Waals surface area contributed by atoms with Gasteiger partial charge in [0.05, 0.1) is 39.1 Å². The summed E-state index contributed by atoms with van der Waals surface area (Å²) < 4.78 is 5.05. The maximum atomic E-state index is 12.3. The maximum absolute atomic E-state index is 12.3. The number of carbonyl (C=O) groups excluding carboxylic acids is 1. The second kappa shape index (κ2) is 6.52. The molecule has 0 unspecified atom stereocenters. The number of nitrogens with one attached hydrogen (secondary N) is 1. The van der Waals surface area contributed by atoms with Gasteiger partial charge in [0.15, 0.2) is 0 Å². The van der Waals surface area contributed by atoms with Gasteiger partial charge in [-0.05, 0) is 24.3 Å². The molecule has 0 spiro atoms. The number of hydrogen-bond donors (Lipinski definition) is 3. The summed E-state index contributed by atoms with van der Waals surface area (Å²) in [7, 11) is 1.50. The molecule has 5 nitrogen and oxygen atoms in total. The molecule has 116 valence electrons. The average molecular weight is 361 g/mol. The van der Waals surface area contributed by atoms with Gasteiger partial charge in [-0.2, -0.15) is 0 Å². The van der Waals surface area contributed by atoms with Crippen molar-refractivity contribution < 1.29 is 9.53 Å². The molecule has 8 heteroatoms. The number of halogens is 3. The summed E-state index contributed by atoms with van der Waals surface area (Å²) >= 11 is 17.9. The minimum Gasteiger partial charge on any atom is -0.495 e. The lowest BCUT2D eigenvalue weighted by atomic mass is 10.1. The Morgan fingerprint density at radius 3 is 2.41 bits per heavy atom. The number of anilines is 3. The van der Waals surface area contributed by atoms with Crippen LogP contribution in [0.15, 0.2) is 24.3 Å². The van der Waals surface area contributed by atoms with E-state index in [1.165, 1.54) is 13.2 Å². The quantitative estimate of drug-likeness (QED) is 0.568. The first-order valence-electron chi connectivity index (χ1n) is 6.03. The van der Waals surface area contributed by atoms with E-state index < -0.39 is 5.91 Å². The van der Waals surface area contributed by atoms with Crippen molar-refractivity contribution in [1.29, 1.82) is 0 Å². The van der Waals surface area contributed by atoms with Gasteiger partial charge in [0, 0.05) is 5.69 Å². The fourth-order valence-corrected chi connectivity index (χ4v) is 2.48. The van der Waals surface area contributed by atoms with Gasteiger partial charge in [-0.25, -0.2) is 0 Å². The van der Waals surface area contributed by atoms with E-state index in [0.29, 0.717) is 17.1 Å². The number of methoxy groups -OCH3 is 1. The van der Waals surface area contributed by atoms with Crippen LogP contribution in [0.1, 0.15) is 10.4 Å². The van der Waals surface area contributed by atoms with Crippen molar-refractivity contribution in [3.63, 3.8) is 0 Å². The number of ether oxygens (including phenoxy) is 1. The number of hydrogen-bond acceptors (Lipinski definition) is 4. The van der Waals surface area contributed by atoms with Crippen molar-refractivity contribution in [3.8, 4) is 5.75 Å². The first-order valence-corrected chi connectivity index (χ1v) is 7.16. The Labute approximate surface area is 142 Å². The van der Waals surface area contributed by atoms with Crippen LogP contribution in [-0.2, 0) is 0 Å². The van der Waals surface area contributed by atoms with Crippen LogP contribution in [0.2, 0.25) is 15.1 Å². The van der Waals surface area contributed by atoms with E-state index in [9.17, 15) is 4.79 Å². The van der Waals surface area contributed by atoms with Gasteiger partial charge in [0.1, 0.15) is 5.75 Å². The summed E-state index contributed by atoms with van der Waals surface area (Å²) in [5.74, 6) is 0.0213. The number of benzene rings is 2. The fourth-order valence-electron chi connectivity index (χ4n) is 1.78. The lowest BCUT2D eigenvalue weighted by Crippen LogP contribution is -2.13. The summed E-state index contributed by atoms with van der Waals surface area (Å²) in [6.07, 6.45) is 0. The summed E-state index contributed by atoms with van der Waals surface area (Å²) in [6, 6.07) is 6.19. The zero-order valence-electron chi connectivity index (χ0n) is 11.4. The standard InChI is InChI=1S/C14H12Cl3N3O2/c1-22-10-3-2-6(4-9(10)18)20-14(21)7-5-8(15)13(19)12(17)11(7)16/h2-5H,18-19H2,1H3,(H,20,21). The summed E-state index contributed by atoms with van der Waals surface area (Å²) in [6.45, 7) is 0. The molecule has 2 aromatic rings. The molecular weight excluding hydrogens is 349 g/mol. The molecule has 0 heterocycles. The van der Waals surface area contributed by atoms with Gasteiger partial charge in [-0.1, -0.05) is 34.8 Å². The SMILES string of the molecule is COc1ccc(NC(=O)c2cc(Cl)c(N)c(Cl)c2Cl)cc1N. The highest BCUT2D eigenvalue weighted by molar-refractivity contribution is 6.47. The average Bonchev–Trinajstić information content (AvgIpc) is 2.49. The second-order valence-electron chi connectivity index (χ2n) is 4.36. The molecule has 0 radical (unpaired) electrons. The van der Waals surface area contributed by atoms with E-state index in [4.69, 9.17) is 51.0 Å². The van der Waals surface area contributed by atoms with E-state index in [1.54, 1.807) is 18.2 Å². The molecule has 0 saturated heterocycles. The van der Waals surface area contributed by atoms with E-state index in [1.807, 2.05) is 0 Å². The number of nitrogens with two attached hydrogens (primary N) is 2. The zero-order chi connectivity index (χ0) is 16.4. The van der Waals surface area contributed by atoms with Crippen molar-refractivity contribution in [2.75, 3.05) is 23.9 Å². The molecule has 1 amide bonds. The lowest BCUT2D eigenvalue weighted by Gasteiger charge is -2.12. The maximum Gasteiger partial charge on any atom is 0.257 e. The number of rotatable bonds is 3. The fraction of sp³-hybridized carbons (Fsp3) is 0.0714. The Bertz CT molecular complexity index is 751. The van der Waals surface area contributed by atoms with Crippen LogP contribution in [0, 0.1) is 0 Å². The zero-order valence-corrected chi connectivity index (χ0v) is 13.7. The van der Waals surface area contributed by atoms with Crippen LogP contribution >= 0.6 is 34.8 Å². The summed E-state index contributed by atoms with van der Waals surface area (Å²) in [5.41, 5.74) is 12.5. The molecular formula is C14H12Cl3N3O2. The van der Waals surface area contributed by atoms with E-state index in [0.717, 1.165) is 0 Å². The predicted octanol–water partition coefficient (Wildman–Crippen LogP) is 4.07. The number of nitrogen functional groups attached to an aromatic ring is 2. The minimum absolute atomic E-state index is 0.0301. The normalized spacial score (nSPS) is 10.4. The molecule has 5 N–H and O–H groups in total. The molecule has 0 fully saturated rings. The van der Waals surface area contributed by atoms with Crippen LogP contribution < -0.4 is 21.5 Å². The first kappa shape index (κ1) is 16.5. The second-order valence-corrected chi connectivity index (χ2v) is 5.52. The molecule has 0 bridgehead atoms. The van der Waals surface area contributed by atoms with Crippen LogP contribution in [0.4, 0.5) is 17.1 Å². The monoisotopic (exact) mass is 359 g/mol. The molecule has 0 atom stereocenters. The van der Waals surface area contributed by atoms with Crippen LogP contribution in [0.5, 0.6) is 5.75 Å². The Morgan fingerprint density at radius 2 is 1.82 bits per heavy atom. The summed E-state index contributed by atoms with van der Waals surface area (Å²) in [5, 5.41) is 2.86. The number of amides is 1. The number of carbonyl (C=O) groups is 1. The van der Waals surface area contributed by atoms with Crippen LogP contribution in [0.25, 0.3) is 0 Å². The molecule has 0 aliphatic heterocycles. The van der Waals surface area contributed by atoms with Crippen molar-refractivity contribution in [2.24, 2.45) is 0 Å². The van der Waals surface area contributed by atoms with E-state index in [2.05, 4.69) is 5.32 Å². The molecule has 22 heavy (non-hydrogen) atoms. The van der Waals surface area contributed by atoms with Crippen molar-refractivity contribution >= 4 is 57.8 Å². The highest BCUT2D eigenvalue weighted by atomic mass is 35.5. The molecule has 2 rings (SSSR count).